The zero-order valence-corrected chi connectivity index (χ0v) is 14.0. The van der Waals surface area contributed by atoms with Crippen molar-refractivity contribution in [2.45, 2.75) is 44.1 Å². The molecule has 1 aliphatic rings. The maximum Gasteiger partial charge on any atom is 0.253 e. The molecule has 1 aromatic carbocycles. The van der Waals surface area contributed by atoms with Crippen LogP contribution in [0.2, 0.25) is 0 Å². The van der Waals surface area contributed by atoms with Crippen molar-refractivity contribution in [1.29, 1.82) is 0 Å². The Kier molecular flexibility index (Phi) is 5.77. The fourth-order valence-electron chi connectivity index (χ4n) is 2.89. The molecule has 23 heavy (non-hydrogen) atoms. The van der Waals surface area contributed by atoms with Gasteiger partial charge in [0.1, 0.15) is 0 Å². The van der Waals surface area contributed by atoms with Crippen molar-refractivity contribution in [1.82, 2.24) is 10.2 Å². The maximum atomic E-state index is 11.9. The lowest BCUT2D eigenvalue weighted by Crippen LogP contribution is -2.40. The predicted octanol–water partition coefficient (Wildman–Crippen LogP) is 1.74. The molecule has 0 aliphatic heterocycles. The molecule has 0 saturated heterocycles. The van der Waals surface area contributed by atoms with Gasteiger partial charge in [0.2, 0.25) is 5.91 Å². The van der Waals surface area contributed by atoms with E-state index < -0.39 is 5.60 Å². The summed E-state index contributed by atoms with van der Waals surface area (Å²) in [7, 11) is 3.44. The summed E-state index contributed by atoms with van der Waals surface area (Å²) >= 11 is 0. The summed E-state index contributed by atoms with van der Waals surface area (Å²) in [6.07, 6.45) is 4.62. The second-order valence-electron chi connectivity index (χ2n) is 6.60. The molecule has 2 N–H and O–H groups in total. The molecule has 2 rings (SSSR count). The molecule has 0 atom stereocenters. The number of hydrogen-bond acceptors (Lipinski definition) is 3. The average Bonchev–Trinajstić information content (AvgIpc) is 2.98. The van der Waals surface area contributed by atoms with Crippen LogP contribution in [-0.2, 0) is 11.2 Å². The van der Waals surface area contributed by atoms with E-state index in [0.29, 0.717) is 24.9 Å². The van der Waals surface area contributed by atoms with E-state index in [4.69, 9.17) is 0 Å². The standard InChI is InChI=1S/C18H26N2O3/c1-20(2)17(22)15-8-5-14(6-9-15)7-10-16(21)19-13-18(23)11-3-4-12-18/h5-6,8-9,23H,3-4,7,10-13H2,1-2H3,(H,19,21). The minimum Gasteiger partial charge on any atom is -0.388 e. The van der Waals surface area contributed by atoms with Crippen molar-refractivity contribution >= 4 is 11.8 Å². The second kappa shape index (κ2) is 7.59. The van der Waals surface area contributed by atoms with Crippen molar-refractivity contribution in [3.05, 3.63) is 35.4 Å². The number of hydrogen-bond donors (Lipinski definition) is 2. The first-order chi connectivity index (χ1) is 10.9. The number of aryl methyl sites for hydroxylation is 1. The summed E-state index contributed by atoms with van der Waals surface area (Å²) in [6.45, 7) is 0.349. The Morgan fingerprint density at radius 2 is 1.78 bits per heavy atom. The van der Waals surface area contributed by atoms with E-state index in [0.717, 1.165) is 31.2 Å². The highest BCUT2D eigenvalue weighted by molar-refractivity contribution is 5.93. The summed E-state index contributed by atoms with van der Waals surface area (Å²) in [5.74, 6) is -0.0714. The van der Waals surface area contributed by atoms with Gasteiger partial charge >= 0.3 is 0 Å². The van der Waals surface area contributed by atoms with Crippen LogP contribution in [-0.4, -0.2) is 48.1 Å². The molecule has 1 fully saturated rings. The van der Waals surface area contributed by atoms with Crippen LogP contribution in [0.3, 0.4) is 0 Å². The number of nitrogens with zero attached hydrogens (tertiary/aromatic N) is 1. The lowest BCUT2D eigenvalue weighted by Gasteiger charge is -2.22. The van der Waals surface area contributed by atoms with Gasteiger partial charge in [0.15, 0.2) is 0 Å². The van der Waals surface area contributed by atoms with Crippen molar-refractivity contribution in [3.8, 4) is 0 Å². The number of amides is 2. The SMILES string of the molecule is CN(C)C(=O)c1ccc(CCC(=O)NCC2(O)CCCC2)cc1. The Morgan fingerprint density at radius 1 is 1.17 bits per heavy atom. The van der Waals surface area contributed by atoms with Gasteiger partial charge in [-0.1, -0.05) is 25.0 Å². The largest absolute Gasteiger partial charge is 0.388 e. The molecular formula is C18H26N2O3. The van der Waals surface area contributed by atoms with Crippen molar-refractivity contribution < 1.29 is 14.7 Å². The number of aliphatic hydroxyl groups is 1. The molecule has 1 saturated carbocycles. The number of benzene rings is 1. The van der Waals surface area contributed by atoms with Crippen LogP contribution < -0.4 is 5.32 Å². The van der Waals surface area contributed by atoms with Crippen molar-refractivity contribution in [3.63, 3.8) is 0 Å². The second-order valence-corrected chi connectivity index (χ2v) is 6.60. The topological polar surface area (TPSA) is 69.6 Å². The summed E-state index contributed by atoms with van der Waals surface area (Å²) in [5, 5.41) is 13.0. The van der Waals surface area contributed by atoms with Crippen LogP contribution >= 0.6 is 0 Å². The molecule has 1 aliphatic carbocycles. The average molecular weight is 318 g/mol. The lowest BCUT2D eigenvalue weighted by molar-refractivity contribution is -0.122. The molecule has 0 aromatic heterocycles. The van der Waals surface area contributed by atoms with E-state index >= 15 is 0 Å². The molecule has 0 unspecified atom stereocenters. The predicted molar refractivity (Wildman–Crippen MR) is 89.2 cm³/mol. The molecule has 126 valence electrons. The molecule has 2 amide bonds. The highest BCUT2D eigenvalue weighted by Gasteiger charge is 2.31. The monoisotopic (exact) mass is 318 g/mol. The van der Waals surface area contributed by atoms with E-state index in [1.165, 1.54) is 4.90 Å². The van der Waals surface area contributed by atoms with Gasteiger partial charge in [-0.15, -0.1) is 0 Å². The fraction of sp³-hybridized carbons (Fsp3) is 0.556. The van der Waals surface area contributed by atoms with E-state index in [-0.39, 0.29) is 11.8 Å². The number of nitrogens with one attached hydrogen (secondary N) is 1. The third-order valence-corrected chi connectivity index (χ3v) is 4.40. The minimum atomic E-state index is -0.705. The zero-order chi connectivity index (χ0) is 16.9. The van der Waals surface area contributed by atoms with E-state index in [2.05, 4.69) is 5.32 Å². The zero-order valence-electron chi connectivity index (χ0n) is 14.0. The molecule has 0 radical (unpaired) electrons. The van der Waals surface area contributed by atoms with Gasteiger partial charge in [0.25, 0.3) is 5.91 Å². The molecule has 1 aromatic rings. The Balaban J connectivity index is 1.77. The summed E-state index contributed by atoms with van der Waals surface area (Å²) in [6, 6.07) is 7.34. The van der Waals surface area contributed by atoms with E-state index in [1.54, 1.807) is 26.2 Å². The van der Waals surface area contributed by atoms with Crippen LogP contribution in [0.15, 0.2) is 24.3 Å². The van der Waals surface area contributed by atoms with Crippen LogP contribution in [0.1, 0.15) is 48.0 Å². The van der Waals surface area contributed by atoms with Crippen molar-refractivity contribution in [2.24, 2.45) is 0 Å². The van der Waals surface area contributed by atoms with E-state index in [9.17, 15) is 14.7 Å². The van der Waals surface area contributed by atoms with E-state index in [1.807, 2.05) is 12.1 Å². The highest BCUT2D eigenvalue weighted by Crippen LogP contribution is 2.28. The molecular weight excluding hydrogens is 292 g/mol. The third kappa shape index (κ3) is 5.06. The Hall–Kier alpha value is -1.88. The lowest BCUT2D eigenvalue weighted by atomic mass is 10.0. The van der Waals surface area contributed by atoms with Crippen LogP contribution in [0, 0.1) is 0 Å². The Bertz CT molecular complexity index is 546. The first-order valence-electron chi connectivity index (χ1n) is 8.19. The van der Waals surface area contributed by atoms with Gasteiger partial charge < -0.3 is 15.3 Å². The van der Waals surface area contributed by atoms with Gasteiger partial charge in [-0.2, -0.15) is 0 Å². The first kappa shape index (κ1) is 17.5. The fourth-order valence-corrected chi connectivity index (χ4v) is 2.89. The van der Waals surface area contributed by atoms with Crippen LogP contribution in [0.4, 0.5) is 0 Å². The van der Waals surface area contributed by atoms with Gasteiger partial charge in [0.05, 0.1) is 5.60 Å². The van der Waals surface area contributed by atoms with Gasteiger partial charge in [-0.05, 0) is 37.0 Å². The third-order valence-electron chi connectivity index (χ3n) is 4.40. The summed E-state index contributed by atoms with van der Waals surface area (Å²) in [4.78, 5) is 25.2. The maximum absolute atomic E-state index is 11.9. The summed E-state index contributed by atoms with van der Waals surface area (Å²) in [5.41, 5.74) is 0.964. The molecule has 5 heteroatoms. The highest BCUT2D eigenvalue weighted by atomic mass is 16.3. The molecule has 5 nitrogen and oxygen atoms in total. The number of carbonyl (C=O) groups excluding carboxylic acids is 2. The number of rotatable bonds is 6. The first-order valence-corrected chi connectivity index (χ1v) is 8.19. The molecule has 0 bridgehead atoms. The van der Waals surface area contributed by atoms with Gasteiger partial charge in [-0.25, -0.2) is 0 Å². The smallest absolute Gasteiger partial charge is 0.253 e. The molecule has 0 heterocycles. The Morgan fingerprint density at radius 3 is 2.35 bits per heavy atom. The van der Waals surface area contributed by atoms with Gasteiger partial charge in [0, 0.05) is 32.6 Å². The minimum absolute atomic E-state index is 0.0286. The normalized spacial score (nSPS) is 16.1. The summed E-state index contributed by atoms with van der Waals surface area (Å²) < 4.78 is 0. The van der Waals surface area contributed by atoms with Crippen LogP contribution in [0.5, 0.6) is 0 Å². The van der Waals surface area contributed by atoms with Crippen LogP contribution in [0.25, 0.3) is 0 Å². The van der Waals surface area contributed by atoms with Gasteiger partial charge in [-0.3, -0.25) is 9.59 Å². The van der Waals surface area contributed by atoms with Crippen molar-refractivity contribution in [2.75, 3.05) is 20.6 Å². The number of carbonyl (C=O) groups is 2. The quantitative estimate of drug-likeness (QED) is 0.839. The molecule has 0 spiro atoms. The Labute approximate surface area is 137 Å².